The lowest BCUT2D eigenvalue weighted by Gasteiger charge is -2.19. The number of carbonyl (C=O) groups is 2. The summed E-state index contributed by atoms with van der Waals surface area (Å²) in [6.07, 6.45) is -1.11. The van der Waals surface area contributed by atoms with Crippen molar-refractivity contribution in [3.8, 4) is 5.75 Å². The van der Waals surface area contributed by atoms with E-state index in [1.54, 1.807) is 0 Å². The van der Waals surface area contributed by atoms with Crippen LogP contribution in [0.3, 0.4) is 0 Å². The van der Waals surface area contributed by atoms with Crippen molar-refractivity contribution >= 4 is 11.7 Å². The lowest BCUT2D eigenvalue weighted by Crippen LogP contribution is -2.48. The fraction of sp³-hybridized carbons (Fsp3) is 0.333. The van der Waals surface area contributed by atoms with E-state index in [-0.39, 0.29) is 11.3 Å². The van der Waals surface area contributed by atoms with Crippen molar-refractivity contribution in [2.45, 2.75) is 19.1 Å². The number of aliphatic hydroxyl groups is 2. The van der Waals surface area contributed by atoms with Gasteiger partial charge in [-0.05, 0) is 31.2 Å². The Balaban J connectivity index is 2.78. The molecular weight excluding hydrogens is 238 g/mol. The number of phenols is 1. The zero-order valence-electron chi connectivity index (χ0n) is 9.83. The van der Waals surface area contributed by atoms with E-state index in [2.05, 4.69) is 5.32 Å². The molecule has 0 unspecified atom stereocenters. The molecule has 1 amide bonds. The summed E-state index contributed by atoms with van der Waals surface area (Å²) >= 11 is 0. The summed E-state index contributed by atoms with van der Waals surface area (Å²) < 4.78 is 0. The van der Waals surface area contributed by atoms with E-state index < -0.39 is 30.4 Å². The van der Waals surface area contributed by atoms with Gasteiger partial charge in [0.1, 0.15) is 18.4 Å². The standard InChI is InChI=1S/C12H15NO5/c1-7(15)11(10(17)6-14)13-12(18)8-2-4-9(16)5-3-8/h2-5,7,11,14-16H,6H2,1H3,(H,13,18)/t7-,11+/m1/s1. The number of Topliss-reactive ketones (excluding diaryl/α,β-unsaturated/α-hetero) is 1. The average Bonchev–Trinajstić information content (AvgIpc) is 2.35. The largest absolute Gasteiger partial charge is 0.508 e. The van der Waals surface area contributed by atoms with E-state index in [0.717, 1.165) is 0 Å². The van der Waals surface area contributed by atoms with E-state index >= 15 is 0 Å². The molecule has 1 aromatic rings. The second-order valence-electron chi connectivity index (χ2n) is 3.86. The molecule has 0 fully saturated rings. The van der Waals surface area contributed by atoms with Crippen molar-refractivity contribution in [2.75, 3.05) is 6.61 Å². The van der Waals surface area contributed by atoms with Gasteiger partial charge >= 0.3 is 0 Å². The first kappa shape index (κ1) is 14.1. The number of phenolic OH excluding ortho intramolecular Hbond substituents is 1. The highest BCUT2D eigenvalue weighted by Gasteiger charge is 2.25. The van der Waals surface area contributed by atoms with Crippen LogP contribution in [0.25, 0.3) is 0 Å². The van der Waals surface area contributed by atoms with Crippen LogP contribution < -0.4 is 5.32 Å². The molecule has 0 saturated carbocycles. The number of aromatic hydroxyl groups is 1. The van der Waals surface area contributed by atoms with Gasteiger partial charge in [0.15, 0.2) is 5.78 Å². The Morgan fingerprint density at radius 1 is 1.28 bits per heavy atom. The molecule has 0 aliphatic carbocycles. The van der Waals surface area contributed by atoms with Gasteiger partial charge < -0.3 is 20.6 Å². The normalized spacial score (nSPS) is 13.7. The molecule has 18 heavy (non-hydrogen) atoms. The quantitative estimate of drug-likeness (QED) is 0.562. The van der Waals surface area contributed by atoms with Gasteiger partial charge in [0, 0.05) is 5.56 Å². The third-order valence-electron chi connectivity index (χ3n) is 2.40. The number of hydrogen-bond acceptors (Lipinski definition) is 5. The topological polar surface area (TPSA) is 107 Å². The molecule has 0 aliphatic heterocycles. The second kappa shape index (κ2) is 6.13. The molecule has 0 radical (unpaired) electrons. The van der Waals surface area contributed by atoms with Crippen LogP contribution in [0.15, 0.2) is 24.3 Å². The van der Waals surface area contributed by atoms with Gasteiger partial charge in [0.05, 0.1) is 6.10 Å². The maximum atomic E-state index is 11.8. The highest BCUT2D eigenvalue weighted by Crippen LogP contribution is 2.10. The number of aliphatic hydroxyl groups excluding tert-OH is 2. The van der Waals surface area contributed by atoms with Crippen LogP contribution in [0.2, 0.25) is 0 Å². The van der Waals surface area contributed by atoms with E-state index in [9.17, 15) is 14.7 Å². The summed E-state index contributed by atoms with van der Waals surface area (Å²) in [6.45, 7) is 0.584. The van der Waals surface area contributed by atoms with E-state index in [4.69, 9.17) is 10.2 Å². The van der Waals surface area contributed by atoms with Crippen LogP contribution >= 0.6 is 0 Å². The van der Waals surface area contributed by atoms with Crippen molar-refractivity contribution in [3.63, 3.8) is 0 Å². The van der Waals surface area contributed by atoms with E-state index in [1.807, 2.05) is 0 Å². The van der Waals surface area contributed by atoms with Crippen LogP contribution in [0.1, 0.15) is 17.3 Å². The molecule has 1 aromatic carbocycles. The number of nitrogens with one attached hydrogen (secondary N) is 1. The third-order valence-corrected chi connectivity index (χ3v) is 2.40. The number of carbonyl (C=O) groups excluding carboxylic acids is 2. The van der Waals surface area contributed by atoms with Crippen LogP contribution in [0.4, 0.5) is 0 Å². The monoisotopic (exact) mass is 253 g/mol. The van der Waals surface area contributed by atoms with Crippen molar-refractivity contribution in [1.29, 1.82) is 0 Å². The fourth-order valence-corrected chi connectivity index (χ4v) is 1.41. The summed E-state index contributed by atoms with van der Waals surface area (Å²) in [7, 11) is 0. The van der Waals surface area contributed by atoms with Crippen molar-refractivity contribution in [2.24, 2.45) is 0 Å². The average molecular weight is 253 g/mol. The van der Waals surface area contributed by atoms with Crippen molar-refractivity contribution < 1.29 is 24.9 Å². The van der Waals surface area contributed by atoms with Gasteiger partial charge in [0.25, 0.3) is 5.91 Å². The molecule has 2 atom stereocenters. The zero-order chi connectivity index (χ0) is 13.7. The smallest absolute Gasteiger partial charge is 0.251 e. The molecule has 0 heterocycles. The minimum Gasteiger partial charge on any atom is -0.508 e. The van der Waals surface area contributed by atoms with Gasteiger partial charge in [0.2, 0.25) is 0 Å². The third kappa shape index (κ3) is 3.54. The van der Waals surface area contributed by atoms with Gasteiger partial charge in [-0.3, -0.25) is 9.59 Å². The zero-order valence-corrected chi connectivity index (χ0v) is 9.83. The summed E-state index contributed by atoms with van der Waals surface area (Å²) in [5.41, 5.74) is 0.240. The molecule has 0 aliphatic rings. The second-order valence-corrected chi connectivity index (χ2v) is 3.86. The molecule has 6 heteroatoms. The Morgan fingerprint density at radius 2 is 1.83 bits per heavy atom. The van der Waals surface area contributed by atoms with Gasteiger partial charge in [-0.25, -0.2) is 0 Å². The maximum absolute atomic E-state index is 11.8. The summed E-state index contributed by atoms with van der Waals surface area (Å²) in [5.74, 6) is -1.22. The summed E-state index contributed by atoms with van der Waals surface area (Å²) in [6, 6.07) is 4.28. The first-order chi connectivity index (χ1) is 8.45. The van der Waals surface area contributed by atoms with Gasteiger partial charge in [-0.1, -0.05) is 0 Å². The van der Waals surface area contributed by atoms with E-state index in [1.165, 1.54) is 31.2 Å². The predicted octanol–water partition coefficient (Wildman–Crippen LogP) is -0.567. The summed E-state index contributed by atoms with van der Waals surface area (Å²) in [5, 5.41) is 29.5. The van der Waals surface area contributed by atoms with Gasteiger partial charge in [-0.15, -0.1) is 0 Å². The van der Waals surface area contributed by atoms with Gasteiger partial charge in [-0.2, -0.15) is 0 Å². The van der Waals surface area contributed by atoms with Crippen molar-refractivity contribution in [1.82, 2.24) is 5.32 Å². The molecule has 0 saturated heterocycles. The molecule has 6 nitrogen and oxygen atoms in total. The Labute approximate surface area is 104 Å². The van der Waals surface area contributed by atoms with Crippen LogP contribution in [0, 0.1) is 0 Å². The Bertz CT molecular complexity index is 427. The fourth-order valence-electron chi connectivity index (χ4n) is 1.41. The van der Waals surface area contributed by atoms with Crippen LogP contribution in [0.5, 0.6) is 5.75 Å². The molecule has 1 rings (SSSR count). The molecule has 0 aromatic heterocycles. The molecule has 98 valence electrons. The number of rotatable bonds is 5. The Kier molecular flexibility index (Phi) is 4.82. The first-order valence-corrected chi connectivity index (χ1v) is 5.37. The highest BCUT2D eigenvalue weighted by atomic mass is 16.3. The SMILES string of the molecule is C[C@@H](O)[C@H](NC(=O)c1ccc(O)cc1)C(=O)CO. The minimum atomic E-state index is -1.16. The Hall–Kier alpha value is -1.92. The maximum Gasteiger partial charge on any atom is 0.251 e. The highest BCUT2D eigenvalue weighted by molar-refractivity contribution is 5.98. The Morgan fingerprint density at radius 3 is 2.28 bits per heavy atom. The number of hydrogen-bond donors (Lipinski definition) is 4. The number of benzene rings is 1. The van der Waals surface area contributed by atoms with E-state index in [0.29, 0.717) is 0 Å². The molecule has 0 bridgehead atoms. The number of ketones is 1. The molecule has 4 N–H and O–H groups in total. The molecular formula is C12H15NO5. The van der Waals surface area contributed by atoms with Crippen molar-refractivity contribution in [3.05, 3.63) is 29.8 Å². The summed E-state index contributed by atoms with van der Waals surface area (Å²) in [4.78, 5) is 23.1. The number of amides is 1. The molecule has 0 spiro atoms. The van der Waals surface area contributed by atoms with Crippen LogP contribution in [-0.4, -0.2) is 45.8 Å². The minimum absolute atomic E-state index is 0.0186. The lowest BCUT2D eigenvalue weighted by molar-refractivity contribution is -0.125. The predicted molar refractivity (Wildman–Crippen MR) is 63.1 cm³/mol. The lowest BCUT2D eigenvalue weighted by atomic mass is 10.1. The first-order valence-electron chi connectivity index (χ1n) is 5.37. The van der Waals surface area contributed by atoms with Crippen LogP contribution in [-0.2, 0) is 4.79 Å².